The molecular formula is C21H23F3N6O. The first-order chi connectivity index (χ1) is 14.6. The number of alkyl halides is 3. The Bertz CT molecular complexity index is 1060. The van der Waals surface area contributed by atoms with Gasteiger partial charge >= 0.3 is 5.92 Å². The fourth-order valence-corrected chi connectivity index (χ4v) is 4.00. The Morgan fingerprint density at radius 3 is 2.55 bits per heavy atom. The molecule has 164 valence electrons. The van der Waals surface area contributed by atoms with Crippen molar-refractivity contribution in [2.24, 2.45) is 0 Å². The molecular weight excluding hydrogens is 409 g/mol. The molecule has 31 heavy (non-hydrogen) atoms. The Labute approximate surface area is 177 Å². The maximum atomic E-state index is 14.2. The molecule has 2 N–H and O–H groups in total. The highest BCUT2D eigenvalue weighted by atomic mass is 19.3. The van der Waals surface area contributed by atoms with Gasteiger partial charge in [0.2, 0.25) is 11.7 Å². The second kappa shape index (κ2) is 6.54. The van der Waals surface area contributed by atoms with Crippen LogP contribution in [0.2, 0.25) is 0 Å². The van der Waals surface area contributed by atoms with E-state index in [-0.39, 0.29) is 23.7 Å². The van der Waals surface area contributed by atoms with Crippen LogP contribution in [0.4, 0.5) is 36.3 Å². The molecule has 7 nitrogen and oxygen atoms in total. The van der Waals surface area contributed by atoms with Crippen LogP contribution >= 0.6 is 0 Å². The van der Waals surface area contributed by atoms with Gasteiger partial charge in [0, 0.05) is 49.7 Å². The second-order valence-corrected chi connectivity index (χ2v) is 8.96. The minimum atomic E-state index is -3.25. The highest BCUT2D eigenvalue weighted by molar-refractivity contribution is 5.89. The van der Waals surface area contributed by atoms with Crippen molar-refractivity contribution in [3.8, 4) is 0 Å². The third-order valence-corrected chi connectivity index (χ3v) is 6.12. The Hall–Kier alpha value is -2.91. The summed E-state index contributed by atoms with van der Waals surface area (Å²) >= 11 is 0. The van der Waals surface area contributed by atoms with Crippen LogP contribution in [-0.4, -0.2) is 39.6 Å². The monoisotopic (exact) mass is 432 g/mol. The molecule has 0 bridgehead atoms. The molecule has 2 fully saturated rings. The van der Waals surface area contributed by atoms with Crippen LogP contribution in [0.1, 0.15) is 50.9 Å². The molecule has 3 aliphatic rings. The number of hydrogen-bond acceptors (Lipinski definition) is 6. The molecule has 0 unspecified atom stereocenters. The van der Waals surface area contributed by atoms with Crippen molar-refractivity contribution < 1.29 is 18.0 Å². The van der Waals surface area contributed by atoms with Crippen LogP contribution in [-0.2, 0) is 16.1 Å². The van der Waals surface area contributed by atoms with Gasteiger partial charge in [-0.3, -0.25) is 4.79 Å². The minimum Gasteiger partial charge on any atom is -0.367 e. The molecule has 1 amide bonds. The third kappa shape index (κ3) is 3.79. The first-order valence-corrected chi connectivity index (χ1v) is 10.3. The number of hydrogen-bond donors (Lipinski definition) is 2. The number of nitrogens with one attached hydrogen (secondary N) is 2. The number of pyridine rings is 1. The van der Waals surface area contributed by atoms with Crippen molar-refractivity contribution in [3.63, 3.8) is 0 Å². The summed E-state index contributed by atoms with van der Waals surface area (Å²) in [6.07, 6.45) is 4.58. The number of aromatic nitrogens is 3. The fraction of sp³-hybridized carbons (Fsp3) is 0.524. The first-order valence-electron chi connectivity index (χ1n) is 10.3. The lowest BCUT2D eigenvalue weighted by Crippen LogP contribution is -2.24. The van der Waals surface area contributed by atoms with Gasteiger partial charge in [0.25, 0.3) is 0 Å². The van der Waals surface area contributed by atoms with Crippen molar-refractivity contribution in [2.75, 3.05) is 28.6 Å². The van der Waals surface area contributed by atoms with E-state index in [9.17, 15) is 18.0 Å². The molecule has 3 heterocycles. The predicted molar refractivity (Wildman–Crippen MR) is 110 cm³/mol. The van der Waals surface area contributed by atoms with Crippen LogP contribution in [0.5, 0.6) is 0 Å². The van der Waals surface area contributed by atoms with E-state index in [0.29, 0.717) is 31.0 Å². The average Bonchev–Trinajstić information content (AvgIpc) is 3.59. The summed E-state index contributed by atoms with van der Waals surface area (Å²) in [7, 11) is 0. The molecule has 1 spiro atoms. The van der Waals surface area contributed by atoms with E-state index in [1.807, 2.05) is 4.90 Å². The Morgan fingerprint density at radius 2 is 1.94 bits per heavy atom. The summed E-state index contributed by atoms with van der Waals surface area (Å²) in [5.41, 5.74) is 0.411. The van der Waals surface area contributed by atoms with Crippen molar-refractivity contribution in [3.05, 3.63) is 29.7 Å². The SMILES string of the molecule is CC(=O)Nc1cc2c(cn1)C1(CC1)CN2c1cc(NCC2(F)CC2)nc(C(C)(F)F)n1. The Kier molecular flexibility index (Phi) is 4.22. The lowest BCUT2D eigenvalue weighted by atomic mass is 10.0. The van der Waals surface area contributed by atoms with E-state index in [2.05, 4.69) is 25.6 Å². The fourth-order valence-electron chi connectivity index (χ4n) is 4.00. The van der Waals surface area contributed by atoms with E-state index in [4.69, 9.17) is 0 Å². The zero-order chi connectivity index (χ0) is 22.0. The van der Waals surface area contributed by atoms with Crippen molar-refractivity contribution >= 4 is 29.0 Å². The molecule has 0 atom stereocenters. The number of halogens is 3. The molecule has 2 aromatic rings. The molecule has 0 radical (unpaired) electrons. The Morgan fingerprint density at radius 1 is 1.19 bits per heavy atom. The maximum absolute atomic E-state index is 14.2. The number of fused-ring (bicyclic) bond motifs is 2. The van der Waals surface area contributed by atoms with Crippen molar-refractivity contribution in [1.29, 1.82) is 0 Å². The van der Waals surface area contributed by atoms with E-state index >= 15 is 0 Å². The van der Waals surface area contributed by atoms with Crippen LogP contribution in [0.15, 0.2) is 18.3 Å². The number of amides is 1. The Balaban J connectivity index is 1.54. The normalized spacial score (nSPS) is 19.8. The number of nitrogens with zero attached hydrogens (tertiary/aromatic N) is 4. The van der Waals surface area contributed by atoms with Gasteiger partial charge in [0.05, 0.1) is 12.2 Å². The van der Waals surface area contributed by atoms with Gasteiger partial charge in [-0.1, -0.05) is 0 Å². The molecule has 2 saturated carbocycles. The van der Waals surface area contributed by atoms with Crippen molar-refractivity contribution in [2.45, 2.75) is 56.5 Å². The second-order valence-electron chi connectivity index (χ2n) is 8.96. The molecule has 2 aliphatic carbocycles. The third-order valence-electron chi connectivity index (χ3n) is 6.12. The number of anilines is 4. The van der Waals surface area contributed by atoms with Gasteiger partial charge in [0.1, 0.15) is 23.1 Å². The summed E-state index contributed by atoms with van der Waals surface area (Å²) in [5, 5.41) is 5.53. The number of carbonyl (C=O) groups is 1. The number of rotatable bonds is 6. The standard InChI is InChI=1S/C21H23F3N6O/c1-12(31)27-15-7-14-13(9-25-15)20(3-4-20)11-30(14)17-8-16(26-10-21(24)5-6-21)28-18(29-17)19(2,22)23/h7-9H,3-6,10-11H2,1-2H3,(H,25,27,31)(H,26,28,29). The minimum absolute atomic E-state index is 0.0231. The maximum Gasteiger partial charge on any atom is 0.303 e. The van der Waals surface area contributed by atoms with Crippen LogP contribution in [0.3, 0.4) is 0 Å². The highest BCUT2D eigenvalue weighted by Crippen LogP contribution is 2.58. The predicted octanol–water partition coefficient (Wildman–Crippen LogP) is 4.04. The molecule has 0 saturated heterocycles. The molecule has 2 aromatic heterocycles. The molecule has 10 heteroatoms. The topological polar surface area (TPSA) is 83.0 Å². The largest absolute Gasteiger partial charge is 0.367 e. The molecule has 1 aliphatic heterocycles. The zero-order valence-corrected chi connectivity index (χ0v) is 17.3. The van der Waals surface area contributed by atoms with E-state index in [1.54, 1.807) is 18.3 Å². The smallest absolute Gasteiger partial charge is 0.303 e. The molecule has 5 rings (SSSR count). The van der Waals surface area contributed by atoms with Crippen LogP contribution < -0.4 is 15.5 Å². The van der Waals surface area contributed by atoms with E-state index in [0.717, 1.165) is 31.0 Å². The van der Waals surface area contributed by atoms with Gasteiger partial charge in [-0.05, 0) is 25.7 Å². The zero-order valence-electron chi connectivity index (χ0n) is 17.3. The van der Waals surface area contributed by atoms with Gasteiger partial charge in [-0.15, -0.1) is 0 Å². The van der Waals surface area contributed by atoms with Crippen molar-refractivity contribution in [1.82, 2.24) is 15.0 Å². The summed E-state index contributed by atoms with van der Waals surface area (Å²) in [5.74, 6) is -3.26. The van der Waals surface area contributed by atoms with Crippen LogP contribution in [0, 0.1) is 0 Å². The summed E-state index contributed by atoms with van der Waals surface area (Å²) < 4.78 is 42.4. The summed E-state index contributed by atoms with van der Waals surface area (Å²) in [6.45, 7) is 2.73. The van der Waals surface area contributed by atoms with E-state index in [1.165, 1.54) is 6.92 Å². The lowest BCUT2D eigenvalue weighted by molar-refractivity contribution is -0.114. The van der Waals surface area contributed by atoms with Gasteiger partial charge in [-0.2, -0.15) is 8.78 Å². The van der Waals surface area contributed by atoms with E-state index < -0.39 is 17.4 Å². The quantitative estimate of drug-likeness (QED) is 0.717. The number of carbonyl (C=O) groups excluding carboxylic acids is 1. The lowest BCUT2D eigenvalue weighted by Gasteiger charge is -2.22. The van der Waals surface area contributed by atoms with Crippen LogP contribution in [0.25, 0.3) is 0 Å². The summed E-state index contributed by atoms with van der Waals surface area (Å²) in [6, 6.07) is 3.31. The highest BCUT2D eigenvalue weighted by Gasteiger charge is 2.53. The molecule has 0 aromatic carbocycles. The van der Waals surface area contributed by atoms with Gasteiger partial charge in [0.15, 0.2) is 0 Å². The first kappa shape index (κ1) is 20.0. The summed E-state index contributed by atoms with van der Waals surface area (Å²) in [4.78, 5) is 25.7. The average molecular weight is 432 g/mol. The van der Waals surface area contributed by atoms with Gasteiger partial charge in [-0.25, -0.2) is 19.3 Å². The van der Waals surface area contributed by atoms with Gasteiger partial charge < -0.3 is 15.5 Å².